The predicted molar refractivity (Wildman–Crippen MR) is 64.0 cm³/mol. The van der Waals surface area contributed by atoms with Crippen LogP contribution >= 0.6 is 0 Å². The molecular weight excluding hydrogens is 224 g/mol. The van der Waals surface area contributed by atoms with Gasteiger partial charge in [-0.2, -0.15) is 0 Å². The van der Waals surface area contributed by atoms with Gasteiger partial charge in [0.25, 0.3) is 0 Å². The number of aliphatic hydroxyl groups excluding tert-OH is 1. The number of benzene rings is 1. The number of sulfone groups is 1. The lowest BCUT2D eigenvalue weighted by Crippen LogP contribution is -2.19. The van der Waals surface area contributed by atoms with Crippen LogP contribution in [-0.4, -0.2) is 25.4 Å². The second-order valence-corrected chi connectivity index (χ2v) is 6.34. The molecule has 0 aliphatic rings. The summed E-state index contributed by atoms with van der Waals surface area (Å²) in [4.78, 5) is 0.325. The maximum absolute atomic E-state index is 11.8. The molecule has 0 aliphatic carbocycles. The third-order valence-electron chi connectivity index (χ3n) is 2.55. The van der Waals surface area contributed by atoms with Gasteiger partial charge < -0.3 is 5.11 Å². The highest BCUT2D eigenvalue weighted by Gasteiger charge is 2.17. The predicted octanol–water partition coefficient (Wildman–Crippen LogP) is 1.87. The molecule has 0 spiro atoms. The van der Waals surface area contributed by atoms with Crippen molar-refractivity contribution in [3.05, 3.63) is 30.3 Å². The van der Waals surface area contributed by atoms with E-state index < -0.39 is 15.9 Å². The van der Waals surface area contributed by atoms with E-state index in [1.54, 1.807) is 30.3 Å². The fourth-order valence-electron chi connectivity index (χ4n) is 1.35. The molecule has 0 saturated carbocycles. The van der Waals surface area contributed by atoms with Crippen molar-refractivity contribution in [2.75, 3.05) is 5.75 Å². The summed E-state index contributed by atoms with van der Waals surface area (Å²) >= 11 is 0. The minimum Gasteiger partial charge on any atom is -0.393 e. The molecule has 3 nitrogen and oxygen atoms in total. The van der Waals surface area contributed by atoms with E-state index in [1.165, 1.54) is 0 Å². The molecule has 1 rings (SSSR count). The Balaban J connectivity index is 2.67. The van der Waals surface area contributed by atoms with Crippen molar-refractivity contribution < 1.29 is 13.5 Å². The van der Waals surface area contributed by atoms with E-state index in [0.29, 0.717) is 4.90 Å². The Morgan fingerprint density at radius 2 is 1.75 bits per heavy atom. The highest BCUT2D eigenvalue weighted by Crippen LogP contribution is 2.14. The Morgan fingerprint density at radius 1 is 1.19 bits per heavy atom. The molecule has 0 heterocycles. The Labute approximate surface area is 97.0 Å². The zero-order valence-electron chi connectivity index (χ0n) is 9.63. The molecule has 0 bridgehead atoms. The summed E-state index contributed by atoms with van der Waals surface area (Å²) in [7, 11) is -3.25. The van der Waals surface area contributed by atoms with E-state index in [2.05, 4.69) is 0 Å². The first-order chi connectivity index (χ1) is 7.43. The lowest BCUT2D eigenvalue weighted by Gasteiger charge is -2.14. The molecule has 1 aromatic carbocycles. The van der Waals surface area contributed by atoms with Crippen molar-refractivity contribution in [3.63, 3.8) is 0 Å². The largest absolute Gasteiger partial charge is 0.393 e. The Hall–Kier alpha value is -0.870. The van der Waals surface area contributed by atoms with Crippen LogP contribution in [0.25, 0.3) is 0 Å². The SMILES string of the molecule is CC(C)[C@H](O)CCS(=O)(=O)c1ccccc1. The summed E-state index contributed by atoms with van der Waals surface area (Å²) in [6.45, 7) is 3.75. The van der Waals surface area contributed by atoms with Crippen LogP contribution in [0.3, 0.4) is 0 Å². The molecule has 4 heteroatoms. The van der Waals surface area contributed by atoms with Gasteiger partial charge in [0, 0.05) is 0 Å². The van der Waals surface area contributed by atoms with Crippen LogP contribution in [0.5, 0.6) is 0 Å². The van der Waals surface area contributed by atoms with Crippen molar-refractivity contribution in [1.29, 1.82) is 0 Å². The summed E-state index contributed by atoms with van der Waals surface area (Å²) in [5.41, 5.74) is 0. The van der Waals surface area contributed by atoms with Crippen molar-refractivity contribution in [3.8, 4) is 0 Å². The maximum Gasteiger partial charge on any atom is 0.178 e. The topological polar surface area (TPSA) is 54.4 Å². The van der Waals surface area contributed by atoms with Crippen LogP contribution in [0.4, 0.5) is 0 Å². The van der Waals surface area contributed by atoms with Gasteiger partial charge in [-0.25, -0.2) is 8.42 Å². The fourth-order valence-corrected chi connectivity index (χ4v) is 2.71. The second-order valence-electron chi connectivity index (χ2n) is 4.23. The molecule has 0 fully saturated rings. The first kappa shape index (κ1) is 13.2. The summed E-state index contributed by atoms with van der Waals surface area (Å²) in [6, 6.07) is 8.34. The van der Waals surface area contributed by atoms with Gasteiger partial charge >= 0.3 is 0 Å². The molecule has 16 heavy (non-hydrogen) atoms. The summed E-state index contributed by atoms with van der Waals surface area (Å²) in [5, 5.41) is 9.57. The molecule has 0 aromatic heterocycles. The molecular formula is C12H18O3S. The van der Waals surface area contributed by atoms with Gasteiger partial charge in [-0.3, -0.25) is 0 Å². The third kappa shape index (κ3) is 3.61. The molecule has 0 saturated heterocycles. The minimum atomic E-state index is -3.25. The normalized spacial score (nSPS) is 14.0. The van der Waals surface area contributed by atoms with Crippen LogP contribution in [0.2, 0.25) is 0 Å². The molecule has 0 unspecified atom stereocenters. The van der Waals surface area contributed by atoms with Crippen LogP contribution < -0.4 is 0 Å². The van der Waals surface area contributed by atoms with E-state index in [-0.39, 0.29) is 18.1 Å². The Bertz CT molecular complexity index is 409. The van der Waals surface area contributed by atoms with E-state index in [1.807, 2.05) is 13.8 Å². The second kappa shape index (κ2) is 5.46. The van der Waals surface area contributed by atoms with Gasteiger partial charge in [-0.05, 0) is 24.5 Å². The minimum absolute atomic E-state index is 0.00361. The van der Waals surface area contributed by atoms with Crippen LogP contribution in [0.1, 0.15) is 20.3 Å². The lowest BCUT2D eigenvalue weighted by molar-refractivity contribution is 0.122. The summed E-state index contributed by atoms with van der Waals surface area (Å²) < 4.78 is 23.7. The van der Waals surface area contributed by atoms with Crippen LogP contribution in [0.15, 0.2) is 35.2 Å². The van der Waals surface area contributed by atoms with Crippen molar-refractivity contribution in [2.45, 2.75) is 31.3 Å². The lowest BCUT2D eigenvalue weighted by atomic mass is 10.1. The van der Waals surface area contributed by atoms with E-state index in [9.17, 15) is 13.5 Å². The monoisotopic (exact) mass is 242 g/mol. The average Bonchev–Trinajstić information content (AvgIpc) is 2.27. The fraction of sp³-hybridized carbons (Fsp3) is 0.500. The third-order valence-corrected chi connectivity index (χ3v) is 4.32. The molecule has 1 aromatic rings. The van der Waals surface area contributed by atoms with E-state index in [0.717, 1.165) is 0 Å². The zero-order chi connectivity index (χ0) is 12.2. The summed E-state index contributed by atoms with van der Waals surface area (Å²) in [5.74, 6) is 0.0853. The zero-order valence-corrected chi connectivity index (χ0v) is 10.4. The first-order valence-corrected chi connectivity index (χ1v) is 7.04. The molecule has 1 atom stereocenters. The maximum atomic E-state index is 11.8. The molecule has 0 radical (unpaired) electrons. The molecule has 0 amide bonds. The van der Waals surface area contributed by atoms with Gasteiger partial charge in [-0.15, -0.1) is 0 Å². The highest BCUT2D eigenvalue weighted by atomic mass is 32.2. The Morgan fingerprint density at radius 3 is 2.25 bits per heavy atom. The van der Waals surface area contributed by atoms with Gasteiger partial charge in [0.15, 0.2) is 9.84 Å². The van der Waals surface area contributed by atoms with Gasteiger partial charge in [-0.1, -0.05) is 32.0 Å². The van der Waals surface area contributed by atoms with Crippen molar-refractivity contribution in [1.82, 2.24) is 0 Å². The standard InChI is InChI=1S/C12H18O3S/c1-10(2)12(13)8-9-16(14,15)11-6-4-3-5-7-11/h3-7,10,12-13H,8-9H2,1-2H3/t12-/m1/s1. The number of hydrogen-bond acceptors (Lipinski definition) is 3. The van der Waals surface area contributed by atoms with Gasteiger partial charge in [0.05, 0.1) is 16.8 Å². The molecule has 1 N–H and O–H groups in total. The van der Waals surface area contributed by atoms with Crippen molar-refractivity contribution >= 4 is 9.84 Å². The average molecular weight is 242 g/mol. The number of hydrogen-bond donors (Lipinski definition) is 1. The van der Waals surface area contributed by atoms with Crippen LogP contribution in [-0.2, 0) is 9.84 Å². The van der Waals surface area contributed by atoms with Gasteiger partial charge in [0.2, 0.25) is 0 Å². The molecule has 0 aliphatic heterocycles. The highest BCUT2D eigenvalue weighted by molar-refractivity contribution is 7.91. The Kier molecular flexibility index (Phi) is 4.50. The first-order valence-electron chi connectivity index (χ1n) is 5.39. The summed E-state index contributed by atoms with van der Waals surface area (Å²) in [6.07, 6.45) is -0.270. The van der Waals surface area contributed by atoms with Crippen LogP contribution in [0, 0.1) is 5.92 Å². The number of rotatable bonds is 5. The van der Waals surface area contributed by atoms with E-state index >= 15 is 0 Å². The smallest absolute Gasteiger partial charge is 0.178 e. The quantitative estimate of drug-likeness (QED) is 0.857. The number of aliphatic hydroxyl groups is 1. The van der Waals surface area contributed by atoms with Gasteiger partial charge in [0.1, 0.15) is 0 Å². The molecule has 90 valence electrons. The van der Waals surface area contributed by atoms with E-state index in [4.69, 9.17) is 0 Å². The van der Waals surface area contributed by atoms with Crippen molar-refractivity contribution in [2.24, 2.45) is 5.92 Å².